The first-order valence-electron chi connectivity index (χ1n) is 6.53. The topological polar surface area (TPSA) is 50.4 Å². The van der Waals surface area contributed by atoms with Crippen molar-refractivity contribution >= 4 is 11.6 Å². The molecule has 104 valence electrons. The van der Waals surface area contributed by atoms with Crippen molar-refractivity contribution in [2.24, 2.45) is 5.92 Å². The molecule has 1 heterocycles. The van der Waals surface area contributed by atoms with E-state index in [-0.39, 0.29) is 11.7 Å². The minimum atomic E-state index is -0.383. The number of piperidine rings is 1. The van der Waals surface area contributed by atoms with Crippen LogP contribution in [0.15, 0.2) is 18.2 Å². The van der Waals surface area contributed by atoms with Gasteiger partial charge in [0.1, 0.15) is 11.6 Å². The van der Waals surface area contributed by atoms with Gasteiger partial charge >= 0.3 is 0 Å². The van der Waals surface area contributed by atoms with E-state index in [1.165, 1.54) is 25.3 Å². The molecule has 4 nitrogen and oxygen atoms in total. The van der Waals surface area contributed by atoms with E-state index in [1.807, 2.05) is 0 Å². The Morgan fingerprint density at radius 1 is 1.58 bits per heavy atom. The third-order valence-corrected chi connectivity index (χ3v) is 3.31. The largest absolute Gasteiger partial charge is 0.494 e. The van der Waals surface area contributed by atoms with Gasteiger partial charge in [0.2, 0.25) is 5.91 Å². The second-order valence-electron chi connectivity index (χ2n) is 4.81. The maximum absolute atomic E-state index is 13.0. The Bertz CT molecular complexity index is 445. The third-order valence-electron chi connectivity index (χ3n) is 3.31. The Labute approximate surface area is 112 Å². The molecule has 1 amide bonds. The number of carbonyl (C=O) groups excluding carboxylic acids is 1. The average Bonchev–Trinajstić information content (AvgIpc) is 2.42. The van der Waals surface area contributed by atoms with Crippen LogP contribution in [0.4, 0.5) is 10.1 Å². The minimum Gasteiger partial charge on any atom is -0.494 e. The number of anilines is 1. The van der Waals surface area contributed by atoms with E-state index in [0.29, 0.717) is 23.8 Å². The highest BCUT2D eigenvalue weighted by molar-refractivity contribution is 5.92. The molecule has 1 aliphatic rings. The maximum atomic E-state index is 13.0. The van der Waals surface area contributed by atoms with Crippen LogP contribution < -0.4 is 15.4 Å². The molecule has 1 atom stereocenters. The second kappa shape index (κ2) is 6.52. The first-order valence-corrected chi connectivity index (χ1v) is 6.53. The van der Waals surface area contributed by atoms with Gasteiger partial charge in [-0.05, 0) is 44.0 Å². The Morgan fingerprint density at radius 2 is 2.42 bits per heavy atom. The second-order valence-corrected chi connectivity index (χ2v) is 4.81. The van der Waals surface area contributed by atoms with Gasteiger partial charge in [-0.25, -0.2) is 4.39 Å². The molecule has 2 N–H and O–H groups in total. The number of hydrogen-bond acceptors (Lipinski definition) is 3. The molecule has 5 heteroatoms. The molecular weight excluding hydrogens is 247 g/mol. The van der Waals surface area contributed by atoms with Crippen LogP contribution in [0.1, 0.15) is 19.3 Å². The van der Waals surface area contributed by atoms with Gasteiger partial charge in [0.25, 0.3) is 0 Å². The molecule has 0 aromatic heterocycles. The quantitative estimate of drug-likeness (QED) is 0.878. The summed E-state index contributed by atoms with van der Waals surface area (Å²) in [5, 5.41) is 6.06. The van der Waals surface area contributed by atoms with E-state index in [2.05, 4.69) is 10.6 Å². The number of hydrogen-bond donors (Lipinski definition) is 2. The first kappa shape index (κ1) is 13.8. The van der Waals surface area contributed by atoms with E-state index in [1.54, 1.807) is 0 Å². The standard InChI is InChI=1S/C14H19FN2O2/c1-19-13-8-11(15)4-5-12(13)17-14(18)7-10-3-2-6-16-9-10/h4-5,8,10,16H,2-3,6-7,9H2,1H3,(H,17,18). The van der Waals surface area contributed by atoms with E-state index in [4.69, 9.17) is 4.74 Å². The van der Waals surface area contributed by atoms with E-state index in [9.17, 15) is 9.18 Å². The van der Waals surface area contributed by atoms with Crippen LogP contribution in [-0.4, -0.2) is 26.1 Å². The van der Waals surface area contributed by atoms with Gasteiger partial charge in [-0.3, -0.25) is 4.79 Å². The van der Waals surface area contributed by atoms with Crippen molar-refractivity contribution in [2.45, 2.75) is 19.3 Å². The predicted octanol–water partition coefficient (Wildman–Crippen LogP) is 2.16. The summed E-state index contributed by atoms with van der Waals surface area (Å²) in [6.45, 7) is 1.91. The lowest BCUT2D eigenvalue weighted by molar-refractivity contribution is -0.117. The molecule has 1 fully saturated rings. The van der Waals surface area contributed by atoms with Gasteiger partial charge in [0, 0.05) is 12.5 Å². The molecule has 1 unspecified atom stereocenters. The molecule has 1 aromatic rings. The van der Waals surface area contributed by atoms with E-state index in [0.717, 1.165) is 25.9 Å². The molecule has 0 spiro atoms. The molecule has 2 rings (SSSR count). The summed E-state index contributed by atoms with van der Waals surface area (Å²) < 4.78 is 18.1. The van der Waals surface area contributed by atoms with Crippen LogP contribution >= 0.6 is 0 Å². The predicted molar refractivity (Wildman–Crippen MR) is 71.8 cm³/mol. The molecule has 1 saturated heterocycles. The van der Waals surface area contributed by atoms with E-state index < -0.39 is 0 Å². The van der Waals surface area contributed by atoms with Crippen LogP contribution in [0, 0.1) is 11.7 Å². The maximum Gasteiger partial charge on any atom is 0.224 e. The van der Waals surface area contributed by atoms with Crippen molar-refractivity contribution in [1.29, 1.82) is 0 Å². The van der Waals surface area contributed by atoms with Crippen molar-refractivity contribution in [1.82, 2.24) is 5.32 Å². The first-order chi connectivity index (χ1) is 9.19. The summed E-state index contributed by atoms with van der Waals surface area (Å²) in [4.78, 5) is 11.9. The fourth-order valence-corrected chi connectivity index (χ4v) is 2.33. The fraction of sp³-hybridized carbons (Fsp3) is 0.500. The highest BCUT2D eigenvalue weighted by atomic mass is 19.1. The van der Waals surface area contributed by atoms with Crippen LogP contribution in [0.25, 0.3) is 0 Å². The molecule has 0 bridgehead atoms. The van der Waals surface area contributed by atoms with Gasteiger partial charge < -0.3 is 15.4 Å². The molecule has 0 radical (unpaired) electrons. The summed E-state index contributed by atoms with van der Waals surface area (Å²) in [5.41, 5.74) is 0.512. The van der Waals surface area contributed by atoms with Crippen molar-refractivity contribution in [3.8, 4) is 5.75 Å². The van der Waals surface area contributed by atoms with Gasteiger partial charge in [-0.1, -0.05) is 0 Å². The van der Waals surface area contributed by atoms with Crippen LogP contribution in [0.2, 0.25) is 0 Å². The highest BCUT2D eigenvalue weighted by Crippen LogP contribution is 2.25. The summed E-state index contributed by atoms with van der Waals surface area (Å²) in [7, 11) is 1.45. The van der Waals surface area contributed by atoms with E-state index >= 15 is 0 Å². The van der Waals surface area contributed by atoms with Crippen molar-refractivity contribution < 1.29 is 13.9 Å². The van der Waals surface area contributed by atoms with Gasteiger partial charge in [-0.2, -0.15) is 0 Å². The Hall–Kier alpha value is -1.62. The number of rotatable bonds is 4. The third kappa shape index (κ3) is 3.92. The minimum absolute atomic E-state index is 0.0568. The molecule has 19 heavy (non-hydrogen) atoms. The van der Waals surface area contributed by atoms with Crippen LogP contribution in [0.3, 0.4) is 0 Å². The SMILES string of the molecule is COc1cc(F)ccc1NC(=O)CC1CCCNC1. The zero-order valence-corrected chi connectivity index (χ0v) is 11.0. The lowest BCUT2D eigenvalue weighted by Gasteiger charge is -2.22. The number of ether oxygens (including phenoxy) is 1. The Kier molecular flexibility index (Phi) is 4.74. The lowest BCUT2D eigenvalue weighted by atomic mass is 9.96. The van der Waals surface area contributed by atoms with Gasteiger partial charge in [0.05, 0.1) is 12.8 Å². The zero-order valence-electron chi connectivity index (χ0n) is 11.0. The van der Waals surface area contributed by atoms with Gasteiger partial charge in [0.15, 0.2) is 0 Å². The van der Waals surface area contributed by atoms with Crippen molar-refractivity contribution in [3.05, 3.63) is 24.0 Å². The number of amides is 1. The summed E-state index contributed by atoms with van der Waals surface area (Å²) in [6, 6.07) is 4.09. The summed E-state index contributed by atoms with van der Waals surface area (Å²) >= 11 is 0. The number of halogens is 1. The smallest absolute Gasteiger partial charge is 0.224 e. The van der Waals surface area contributed by atoms with Crippen molar-refractivity contribution in [2.75, 3.05) is 25.5 Å². The molecule has 0 saturated carbocycles. The lowest BCUT2D eigenvalue weighted by Crippen LogP contribution is -2.32. The molecule has 0 aliphatic carbocycles. The highest BCUT2D eigenvalue weighted by Gasteiger charge is 2.17. The number of methoxy groups -OCH3 is 1. The van der Waals surface area contributed by atoms with Gasteiger partial charge in [-0.15, -0.1) is 0 Å². The average molecular weight is 266 g/mol. The Balaban J connectivity index is 1.94. The number of carbonyl (C=O) groups is 1. The number of benzene rings is 1. The zero-order chi connectivity index (χ0) is 13.7. The Morgan fingerprint density at radius 3 is 3.11 bits per heavy atom. The van der Waals surface area contributed by atoms with Crippen LogP contribution in [-0.2, 0) is 4.79 Å². The molecular formula is C14H19FN2O2. The fourth-order valence-electron chi connectivity index (χ4n) is 2.33. The summed E-state index contributed by atoms with van der Waals surface area (Å²) in [6.07, 6.45) is 2.66. The van der Waals surface area contributed by atoms with Crippen LogP contribution in [0.5, 0.6) is 5.75 Å². The normalized spacial score (nSPS) is 18.9. The molecule has 1 aromatic carbocycles. The monoisotopic (exact) mass is 266 g/mol. The van der Waals surface area contributed by atoms with Crippen molar-refractivity contribution in [3.63, 3.8) is 0 Å². The summed E-state index contributed by atoms with van der Waals surface area (Å²) in [5.74, 6) is 0.278. The molecule has 1 aliphatic heterocycles. The number of nitrogens with one attached hydrogen (secondary N) is 2.